The largest absolute Gasteiger partial charge is 0.350 e. The molecule has 0 unspecified atom stereocenters. The first kappa shape index (κ1) is 18.0. The van der Waals surface area contributed by atoms with E-state index in [0.29, 0.717) is 5.56 Å². The van der Waals surface area contributed by atoms with Gasteiger partial charge in [-0.05, 0) is 43.0 Å². The Kier molecular flexibility index (Phi) is 5.01. The molecule has 2 aromatic rings. The number of aromatic nitrogens is 4. The molecule has 0 saturated carbocycles. The molecule has 0 radical (unpaired) electrons. The van der Waals surface area contributed by atoms with Gasteiger partial charge in [-0.1, -0.05) is 32.9 Å². The second kappa shape index (κ2) is 6.67. The minimum absolute atomic E-state index is 0.0319. The van der Waals surface area contributed by atoms with Crippen molar-refractivity contribution in [1.29, 1.82) is 0 Å². The van der Waals surface area contributed by atoms with Gasteiger partial charge in [0.1, 0.15) is 12.4 Å². The Morgan fingerprint density at radius 2 is 1.96 bits per heavy atom. The maximum Gasteiger partial charge on any atom is 0.244 e. The van der Waals surface area contributed by atoms with E-state index in [9.17, 15) is 9.18 Å². The molecule has 7 heteroatoms. The molecule has 2 rings (SSSR count). The third-order valence-electron chi connectivity index (χ3n) is 3.27. The monoisotopic (exact) mass is 333 g/mol. The molecule has 1 N–H and O–H groups in total. The number of carbonyl (C=O) groups is 1. The zero-order chi connectivity index (χ0) is 18.0. The zero-order valence-corrected chi connectivity index (χ0v) is 14.8. The fourth-order valence-electron chi connectivity index (χ4n) is 2.97. The van der Waals surface area contributed by atoms with Gasteiger partial charge in [0.2, 0.25) is 11.7 Å². The van der Waals surface area contributed by atoms with Gasteiger partial charge >= 0.3 is 0 Å². The molecule has 0 aliphatic carbocycles. The van der Waals surface area contributed by atoms with Crippen LogP contribution in [0.15, 0.2) is 24.3 Å². The molecule has 6 nitrogen and oxygen atoms in total. The zero-order valence-electron chi connectivity index (χ0n) is 14.8. The number of benzene rings is 1. The first-order valence-electron chi connectivity index (χ1n) is 7.89. The summed E-state index contributed by atoms with van der Waals surface area (Å²) in [5.41, 5.74) is 0.295. The van der Waals surface area contributed by atoms with Crippen LogP contribution in [0.25, 0.3) is 11.4 Å². The quantitative estimate of drug-likeness (QED) is 0.913. The van der Waals surface area contributed by atoms with Crippen LogP contribution in [0, 0.1) is 11.2 Å². The van der Waals surface area contributed by atoms with Gasteiger partial charge in [-0.3, -0.25) is 4.79 Å². The topological polar surface area (TPSA) is 72.7 Å². The van der Waals surface area contributed by atoms with Gasteiger partial charge in [-0.2, -0.15) is 4.80 Å². The molecular formula is C17H24FN5O. The summed E-state index contributed by atoms with van der Waals surface area (Å²) in [6.07, 6.45) is 0.838. The van der Waals surface area contributed by atoms with Gasteiger partial charge in [0.25, 0.3) is 0 Å². The molecule has 130 valence electrons. The Morgan fingerprint density at radius 1 is 1.25 bits per heavy atom. The number of nitrogens with zero attached hydrogens (tertiary/aromatic N) is 4. The van der Waals surface area contributed by atoms with Crippen molar-refractivity contribution < 1.29 is 9.18 Å². The van der Waals surface area contributed by atoms with Crippen LogP contribution in [-0.2, 0) is 11.3 Å². The van der Waals surface area contributed by atoms with E-state index in [0.717, 1.165) is 6.42 Å². The Morgan fingerprint density at radius 3 is 2.58 bits per heavy atom. The Bertz CT molecular complexity index is 718. The average molecular weight is 333 g/mol. The standard InChI is InChI=1S/C17H24FN5O/c1-16(2,3)11-17(4,5)19-14(24)10-23-21-15(20-22-23)12-7-6-8-13(18)9-12/h6-9H,10-11H2,1-5H3,(H,19,24). The highest BCUT2D eigenvalue weighted by atomic mass is 19.1. The van der Waals surface area contributed by atoms with Crippen molar-refractivity contribution in [3.63, 3.8) is 0 Å². The second-order valence-corrected chi connectivity index (χ2v) is 7.82. The van der Waals surface area contributed by atoms with E-state index in [4.69, 9.17) is 0 Å². The maximum absolute atomic E-state index is 13.2. The summed E-state index contributed by atoms with van der Waals surface area (Å²) in [6, 6.07) is 5.94. The minimum Gasteiger partial charge on any atom is -0.350 e. The van der Waals surface area contributed by atoms with Crippen LogP contribution in [0.1, 0.15) is 41.0 Å². The summed E-state index contributed by atoms with van der Waals surface area (Å²) in [6.45, 7) is 10.3. The van der Waals surface area contributed by atoms with Crippen LogP contribution >= 0.6 is 0 Å². The van der Waals surface area contributed by atoms with Crippen molar-refractivity contribution in [1.82, 2.24) is 25.5 Å². The van der Waals surface area contributed by atoms with E-state index in [1.54, 1.807) is 12.1 Å². The smallest absolute Gasteiger partial charge is 0.244 e. The Labute approximate surface area is 141 Å². The van der Waals surface area contributed by atoms with Gasteiger partial charge in [0.15, 0.2) is 0 Å². The molecule has 0 bridgehead atoms. The average Bonchev–Trinajstić information content (AvgIpc) is 2.83. The summed E-state index contributed by atoms with van der Waals surface area (Å²) in [4.78, 5) is 13.4. The molecule has 1 aromatic heterocycles. The molecular weight excluding hydrogens is 309 g/mol. The summed E-state index contributed by atoms with van der Waals surface area (Å²) < 4.78 is 13.2. The molecule has 0 fully saturated rings. The molecule has 0 spiro atoms. The third-order valence-corrected chi connectivity index (χ3v) is 3.27. The fraction of sp³-hybridized carbons (Fsp3) is 0.529. The van der Waals surface area contributed by atoms with E-state index in [1.807, 2.05) is 13.8 Å². The SMILES string of the molecule is CC(C)(C)CC(C)(C)NC(=O)Cn1nnc(-c2cccc(F)c2)n1. The number of nitrogens with one attached hydrogen (secondary N) is 1. The van der Waals surface area contributed by atoms with Crippen LogP contribution in [-0.4, -0.2) is 31.7 Å². The lowest BCUT2D eigenvalue weighted by molar-refractivity contribution is -0.124. The highest BCUT2D eigenvalue weighted by Crippen LogP contribution is 2.26. The van der Waals surface area contributed by atoms with Crippen molar-refractivity contribution in [2.45, 2.75) is 53.1 Å². The van der Waals surface area contributed by atoms with Gasteiger partial charge in [0.05, 0.1) is 0 Å². The molecule has 0 aliphatic heterocycles. The van der Waals surface area contributed by atoms with E-state index in [-0.39, 0.29) is 35.0 Å². The van der Waals surface area contributed by atoms with Crippen LogP contribution < -0.4 is 5.32 Å². The predicted octanol–water partition coefficient (Wildman–Crippen LogP) is 2.81. The number of amides is 1. The van der Waals surface area contributed by atoms with Crippen molar-refractivity contribution in [2.75, 3.05) is 0 Å². The number of hydrogen-bond acceptors (Lipinski definition) is 4. The Hall–Kier alpha value is -2.31. The number of halogens is 1. The first-order valence-corrected chi connectivity index (χ1v) is 7.89. The lowest BCUT2D eigenvalue weighted by atomic mass is 9.82. The summed E-state index contributed by atoms with van der Waals surface area (Å²) in [7, 11) is 0. The molecule has 1 amide bonds. The summed E-state index contributed by atoms with van der Waals surface area (Å²) >= 11 is 0. The normalized spacial score (nSPS) is 12.2. The second-order valence-electron chi connectivity index (χ2n) is 7.82. The Balaban J connectivity index is 2.00. The highest BCUT2D eigenvalue weighted by Gasteiger charge is 2.27. The fourth-order valence-corrected chi connectivity index (χ4v) is 2.97. The van der Waals surface area contributed by atoms with E-state index < -0.39 is 0 Å². The van der Waals surface area contributed by atoms with Crippen molar-refractivity contribution in [2.24, 2.45) is 5.41 Å². The van der Waals surface area contributed by atoms with Gasteiger partial charge in [-0.25, -0.2) is 4.39 Å². The van der Waals surface area contributed by atoms with Crippen LogP contribution in [0.2, 0.25) is 0 Å². The highest BCUT2D eigenvalue weighted by molar-refractivity contribution is 5.76. The van der Waals surface area contributed by atoms with Crippen molar-refractivity contribution in [3.8, 4) is 11.4 Å². The maximum atomic E-state index is 13.2. The van der Waals surface area contributed by atoms with Gasteiger partial charge < -0.3 is 5.32 Å². The van der Waals surface area contributed by atoms with E-state index >= 15 is 0 Å². The molecule has 1 aromatic carbocycles. The lowest BCUT2D eigenvalue weighted by Gasteiger charge is -2.33. The van der Waals surface area contributed by atoms with Crippen molar-refractivity contribution >= 4 is 5.91 Å². The number of rotatable bonds is 5. The lowest BCUT2D eigenvalue weighted by Crippen LogP contribution is -2.47. The molecule has 24 heavy (non-hydrogen) atoms. The van der Waals surface area contributed by atoms with E-state index in [2.05, 4.69) is 41.5 Å². The van der Waals surface area contributed by atoms with Crippen LogP contribution in [0.5, 0.6) is 0 Å². The number of tetrazole rings is 1. The molecule has 0 aliphatic rings. The van der Waals surface area contributed by atoms with Crippen LogP contribution in [0.3, 0.4) is 0 Å². The summed E-state index contributed by atoms with van der Waals surface area (Å²) in [5.74, 6) is -0.269. The minimum atomic E-state index is -0.370. The first-order chi connectivity index (χ1) is 11.0. The van der Waals surface area contributed by atoms with E-state index in [1.165, 1.54) is 16.9 Å². The third kappa shape index (κ3) is 5.40. The predicted molar refractivity (Wildman–Crippen MR) is 89.5 cm³/mol. The molecule has 0 atom stereocenters. The van der Waals surface area contributed by atoms with Gasteiger partial charge in [0, 0.05) is 11.1 Å². The molecule has 0 saturated heterocycles. The van der Waals surface area contributed by atoms with Crippen molar-refractivity contribution in [3.05, 3.63) is 30.1 Å². The summed E-state index contributed by atoms with van der Waals surface area (Å²) in [5, 5.41) is 14.9. The number of hydrogen-bond donors (Lipinski definition) is 1. The van der Waals surface area contributed by atoms with Gasteiger partial charge in [-0.15, -0.1) is 10.2 Å². The van der Waals surface area contributed by atoms with Crippen LogP contribution in [0.4, 0.5) is 4.39 Å². The molecule has 1 heterocycles. The number of carbonyl (C=O) groups excluding carboxylic acids is 1.